The number of anilines is 3. The standard InChI is InChI=1S/C25H27F6N7O2S/c1-2-3-5-32-20-11-16(4-6-33-20)15-40-22-21(35-41-36-22)37-7-9-38(10-8-37)23(39)34-19-13-17(24(26,27)28)12-18(14-19)25(29,30)31/h4,6,11-14H,2-3,5,7-10,15H2,1H3,(H,32,33)(H,34,39). The van der Waals surface area contributed by atoms with Gasteiger partial charge in [-0.2, -0.15) is 30.7 Å². The van der Waals surface area contributed by atoms with E-state index in [1.54, 1.807) is 6.20 Å². The lowest BCUT2D eigenvalue weighted by Gasteiger charge is -2.34. The zero-order valence-electron chi connectivity index (χ0n) is 21.8. The third-order valence-corrected chi connectivity index (χ3v) is 6.69. The fourth-order valence-corrected chi connectivity index (χ4v) is 4.54. The normalized spacial score (nSPS) is 14.2. The highest BCUT2D eigenvalue weighted by atomic mass is 32.1. The Balaban J connectivity index is 1.34. The van der Waals surface area contributed by atoms with E-state index in [-0.39, 0.29) is 25.8 Å². The van der Waals surface area contributed by atoms with Crippen molar-refractivity contribution in [1.82, 2.24) is 18.6 Å². The van der Waals surface area contributed by atoms with E-state index in [1.165, 1.54) is 4.90 Å². The molecular formula is C25H27F6N7O2S. The Morgan fingerprint density at radius 1 is 1.00 bits per heavy atom. The molecule has 0 unspecified atom stereocenters. The van der Waals surface area contributed by atoms with E-state index in [2.05, 4.69) is 31.3 Å². The van der Waals surface area contributed by atoms with Gasteiger partial charge < -0.3 is 25.2 Å². The predicted octanol–water partition coefficient (Wildman–Crippen LogP) is 6.12. The van der Waals surface area contributed by atoms with Crippen molar-refractivity contribution in [2.75, 3.05) is 48.3 Å². The van der Waals surface area contributed by atoms with Gasteiger partial charge in [-0.05, 0) is 42.3 Å². The number of aromatic nitrogens is 3. The van der Waals surface area contributed by atoms with Crippen LogP contribution in [-0.4, -0.2) is 57.4 Å². The van der Waals surface area contributed by atoms with Crippen molar-refractivity contribution < 1.29 is 35.9 Å². The maximum absolute atomic E-state index is 13.1. The number of unbranched alkanes of at least 4 members (excludes halogenated alkanes) is 1. The van der Waals surface area contributed by atoms with E-state index >= 15 is 0 Å². The van der Waals surface area contributed by atoms with Crippen molar-refractivity contribution in [3.8, 4) is 5.88 Å². The number of hydrogen-bond acceptors (Lipinski definition) is 8. The number of nitrogens with zero attached hydrogens (tertiary/aromatic N) is 5. The van der Waals surface area contributed by atoms with Crippen LogP contribution in [0.2, 0.25) is 0 Å². The van der Waals surface area contributed by atoms with E-state index in [9.17, 15) is 31.1 Å². The van der Waals surface area contributed by atoms with Crippen LogP contribution in [0.5, 0.6) is 5.88 Å². The molecule has 0 radical (unpaired) electrons. The summed E-state index contributed by atoms with van der Waals surface area (Å²) in [7, 11) is 0. The summed E-state index contributed by atoms with van der Waals surface area (Å²) in [6, 6.07) is 3.85. The molecule has 16 heteroatoms. The molecule has 0 saturated carbocycles. The lowest BCUT2D eigenvalue weighted by molar-refractivity contribution is -0.143. The van der Waals surface area contributed by atoms with E-state index in [0.717, 1.165) is 42.5 Å². The molecule has 1 aromatic carbocycles. The summed E-state index contributed by atoms with van der Waals surface area (Å²) in [6.45, 7) is 4.02. The van der Waals surface area contributed by atoms with Crippen LogP contribution in [-0.2, 0) is 19.0 Å². The van der Waals surface area contributed by atoms with Crippen molar-refractivity contribution in [2.24, 2.45) is 0 Å². The van der Waals surface area contributed by atoms with Crippen LogP contribution in [0.25, 0.3) is 0 Å². The summed E-state index contributed by atoms with van der Waals surface area (Å²) in [6.07, 6.45) is -6.26. The number of halogens is 6. The topological polar surface area (TPSA) is 95.5 Å². The summed E-state index contributed by atoms with van der Waals surface area (Å²) in [5.41, 5.74) is -2.74. The summed E-state index contributed by atoms with van der Waals surface area (Å²) < 4.78 is 93.3. The molecule has 1 fully saturated rings. The van der Waals surface area contributed by atoms with Crippen molar-refractivity contribution >= 4 is 35.1 Å². The molecule has 0 aliphatic carbocycles. The minimum Gasteiger partial charge on any atom is -0.470 e. The Morgan fingerprint density at radius 3 is 2.32 bits per heavy atom. The quantitative estimate of drug-likeness (QED) is 0.225. The van der Waals surface area contributed by atoms with Gasteiger partial charge in [0.2, 0.25) is 5.82 Å². The van der Waals surface area contributed by atoms with Gasteiger partial charge in [0.25, 0.3) is 5.88 Å². The average Bonchev–Trinajstić information content (AvgIpc) is 3.40. The van der Waals surface area contributed by atoms with Crippen LogP contribution in [0.1, 0.15) is 36.5 Å². The summed E-state index contributed by atoms with van der Waals surface area (Å²) in [5.74, 6) is 1.54. The highest BCUT2D eigenvalue weighted by Gasteiger charge is 2.37. The van der Waals surface area contributed by atoms with Gasteiger partial charge in [-0.15, -0.1) is 4.37 Å². The Morgan fingerprint density at radius 2 is 1.68 bits per heavy atom. The van der Waals surface area contributed by atoms with E-state index in [0.29, 0.717) is 36.9 Å². The number of piperazine rings is 1. The lowest BCUT2D eigenvalue weighted by Crippen LogP contribution is -2.50. The molecule has 0 bridgehead atoms. The Kier molecular flexibility index (Phi) is 9.40. The fourth-order valence-electron chi connectivity index (χ4n) is 4.02. The number of hydrogen-bond donors (Lipinski definition) is 2. The van der Waals surface area contributed by atoms with E-state index in [4.69, 9.17) is 4.74 Å². The second-order valence-corrected chi connectivity index (χ2v) is 9.74. The number of pyridine rings is 1. The van der Waals surface area contributed by atoms with Crippen molar-refractivity contribution in [2.45, 2.75) is 38.7 Å². The van der Waals surface area contributed by atoms with Gasteiger partial charge in [0.15, 0.2) is 0 Å². The molecule has 1 aliphatic heterocycles. The SMILES string of the molecule is CCCCNc1cc(COc2nsnc2N2CCN(C(=O)Nc3cc(C(F)(F)F)cc(C(F)(F)F)c3)CC2)ccn1. The minimum absolute atomic E-state index is 0.00800. The second-order valence-electron chi connectivity index (χ2n) is 9.21. The first-order valence-electron chi connectivity index (χ1n) is 12.7. The average molecular weight is 604 g/mol. The molecule has 2 aromatic heterocycles. The van der Waals surface area contributed by atoms with Gasteiger partial charge >= 0.3 is 18.4 Å². The van der Waals surface area contributed by atoms with Crippen LogP contribution in [0.3, 0.4) is 0 Å². The van der Waals surface area contributed by atoms with Crippen LogP contribution in [0.15, 0.2) is 36.5 Å². The van der Waals surface area contributed by atoms with Crippen LogP contribution >= 0.6 is 11.7 Å². The minimum atomic E-state index is -5.01. The molecule has 3 heterocycles. The first-order valence-corrected chi connectivity index (χ1v) is 13.4. The Hall–Kier alpha value is -3.82. The number of amides is 2. The molecule has 0 spiro atoms. The molecule has 9 nitrogen and oxygen atoms in total. The molecule has 222 valence electrons. The van der Waals surface area contributed by atoms with Crippen LogP contribution in [0.4, 0.5) is 48.5 Å². The number of ether oxygens (including phenoxy) is 1. The highest BCUT2D eigenvalue weighted by Crippen LogP contribution is 2.37. The number of benzene rings is 1. The first kappa shape index (κ1) is 30.1. The molecule has 0 atom stereocenters. The third kappa shape index (κ3) is 8.11. The van der Waals surface area contributed by atoms with E-state index in [1.807, 2.05) is 17.0 Å². The lowest BCUT2D eigenvalue weighted by atomic mass is 10.1. The molecule has 41 heavy (non-hydrogen) atoms. The van der Waals surface area contributed by atoms with Gasteiger partial charge in [0, 0.05) is 44.6 Å². The smallest absolute Gasteiger partial charge is 0.416 e. The number of urea groups is 1. The number of carbonyl (C=O) groups is 1. The van der Waals surface area contributed by atoms with Gasteiger partial charge in [-0.25, -0.2) is 9.78 Å². The molecule has 2 amide bonds. The van der Waals surface area contributed by atoms with Gasteiger partial charge in [0.05, 0.1) is 22.9 Å². The molecule has 4 rings (SSSR count). The largest absolute Gasteiger partial charge is 0.470 e. The van der Waals surface area contributed by atoms with Crippen molar-refractivity contribution in [3.63, 3.8) is 0 Å². The van der Waals surface area contributed by atoms with Gasteiger partial charge in [-0.3, -0.25) is 0 Å². The van der Waals surface area contributed by atoms with Crippen molar-refractivity contribution in [1.29, 1.82) is 0 Å². The first-order chi connectivity index (χ1) is 19.4. The van der Waals surface area contributed by atoms with Crippen molar-refractivity contribution in [3.05, 3.63) is 53.2 Å². The summed E-state index contributed by atoms with van der Waals surface area (Å²) in [4.78, 5) is 20.1. The summed E-state index contributed by atoms with van der Waals surface area (Å²) >= 11 is 0.959. The maximum atomic E-state index is 13.1. The second kappa shape index (κ2) is 12.8. The number of carbonyl (C=O) groups excluding carboxylic acids is 1. The zero-order valence-corrected chi connectivity index (χ0v) is 22.7. The maximum Gasteiger partial charge on any atom is 0.416 e. The predicted molar refractivity (Wildman–Crippen MR) is 141 cm³/mol. The van der Waals surface area contributed by atoms with E-state index < -0.39 is 35.2 Å². The fraction of sp³-hybridized carbons (Fsp3) is 0.440. The molecular weight excluding hydrogens is 576 g/mol. The number of alkyl halides is 6. The highest BCUT2D eigenvalue weighted by molar-refractivity contribution is 6.99. The number of nitrogens with one attached hydrogen (secondary N) is 2. The van der Waals surface area contributed by atoms with Gasteiger partial charge in [-0.1, -0.05) is 13.3 Å². The van der Waals surface area contributed by atoms with Crippen LogP contribution in [0, 0.1) is 0 Å². The third-order valence-electron chi connectivity index (χ3n) is 6.18. The number of rotatable bonds is 9. The van der Waals surface area contributed by atoms with Crippen LogP contribution < -0.4 is 20.3 Å². The van der Waals surface area contributed by atoms with Gasteiger partial charge in [0.1, 0.15) is 12.4 Å². The molecule has 1 aliphatic rings. The zero-order chi connectivity index (χ0) is 29.6. The monoisotopic (exact) mass is 603 g/mol. The molecule has 2 N–H and O–H groups in total. The molecule has 3 aromatic rings. The Bertz CT molecular complexity index is 1290. The Labute approximate surface area is 235 Å². The molecule has 1 saturated heterocycles. The summed E-state index contributed by atoms with van der Waals surface area (Å²) in [5, 5.41) is 5.42.